The molecular formula is C64H71N4O14S3+. The van der Waals surface area contributed by atoms with Crippen molar-refractivity contribution in [3.63, 3.8) is 0 Å². The van der Waals surface area contributed by atoms with E-state index >= 15 is 0 Å². The van der Waals surface area contributed by atoms with Crippen molar-refractivity contribution in [3.05, 3.63) is 168 Å². The number of fused-ring (bicyclic) bond motifs is 9. The van der Waals surface area contributed by atoms with Gasteiger partial charge in [0, 0.05) is 66.4 Å². The first-order valence-corrected chi connectivity index (χ1v) is 32.7. The molecule has 21 heteroatoms. The van der Waals surface area contributed by atoms with Crippen molar-refractivity contribution >= 4 is 87.0 Å². The number of unbranched alkanes of at least 4 members (excludes halogenated alkanes) is 3. The Morgan fingerprint density at radius 3 is 1.92 bits per heavy atom. The van der Waals surface area contributed by atoms with Gasteiger partial charge in [-0.15, -0.1) is 0 Å². The van der Waals surface area contributed by atoms with E-state index in [1.165, 1.54) is 31.2 Å². The predicted octanol–water partition coefficient (Wildman–Crippen LogP) is 11.2. The number of allylic oxidation sites excluding steroid dienone is 6. The van der Waals surface area contributed by atoms with Crippen molar-refractivity contribution < 1.29 is 67.7 Å². The lowest BCUT2D eigenvalue weighted by molar-refractivity contribution is -0.438. The maximum absolute atomic E-state index is 13.0. The maximum atomic E-state index is 13.0. The van der Waals surface area contributed by atoms with E-state index in [2.05, 4.69) is 29.1 Å². The van der Waals surface area contributed by atoms with Gasteiger partial charge in [0.1, 0.15) is 19.2 Å². The van der Waals surface area contributed by atoms with Crippen LogP contribution < -0.4 is 15.5 Å². The van der Waals surface area contributed by atoms with E-state index in [0.717, 1.165) is 66.9 Å². The minimum atomic E-state index is -4.47. The Morgan fingerprint density at radius 2 is 1.31 bits per heavy atom. The molecule has 1 aliphatic carbocycles. The third kappa shape index (κ3) is 13.3. The average Bonchev–Trinajstić information content (AvgIpc) is 1.65. The molecule has 1 unspecified atom stereocenters. The van der Waals surface area contributed by atoms with Crippen molar-refractivity contribution in [2.75, 3.05) is 31.1 Å². The number of carboxylic acid groups (broad SMARTS) is 1. The number of carbonyl (C=O) groups is 3. The molecule has 0 saturated carbocycles. The zero-order valence-corrected chi connectivity index (χ0v) is 50.4. The van der Waals surface area contributed by atoms with Crippen LogP contribution >= 0.6 is 0 Å². The summed E-state index contributed by atoms with van der Waals surface area (Å²) in [7, 11) is -13.3. The molecule has 0 aromatic heterocycles. The SMILES string of the molecule is CC(CCN1C(=CC=CC=CC2=[N+](CCCCCC(=O)NCCCC[C@@H](NC(=O)OCC3c4ccccc4-c4ccccc43)C(=O)O)c3ccc4cc(S(=O)(=O)O)ccc4c3C2(C)C)C(C)(C)c2c1ccc1cc(S(=O)(=O)O)ccc21)S(=O)(=O)O. The van der Waals surface area contributed by atoms with Gasteiger partial charge in [-0.2, -0.15) is 29.8 Å². The number of rotatable bonds is 24. The van der Waals surface area contributed by atoms with Gasteiger partial charge in [-0.25, -0.2) is 9.59 Å². The summed E-state index contributed by atoms with van der Waals surface area (Å²) in [5, 5.41) is 17.1. The van der Waals surface area contributed by atoms with Crippen molar-refractivity contribution in [1.82, 2.24) is 10.6 Å². The first-order valence-electron chi connectivity index (χ1n) is 28.3. The first-order chi connectivity index (χ1) is 40.2. The van der Waals surface area contributed by atoms with Gasteiger partial charge in [-0.1, -0.05) is 98.8 Å². The number of nitrogens with zero attached hydrogens (tertiary/aromatic N) is 2. The number of ether oxygens (including phenoxy) is 1. The molecular weight excluding hydrogens is 1140 g/mol. The van der Waals surface area contributed by atoms with Crippen molar-refractivity contribution in [2.45, 2.75) is 124 Å². The number of hydrogen-bond acceptors (Lipinski definition) is 11. The second-order valence-electron chi connectivity index (χ2n) is 23.0. The molecule has 2 heterocycles. The van der Waals surface area contributed by atoms with E-state index < -0.39 is 64.5 Å². The average molecular weight is 1220 g/mol. The molecule has 6 N–H and O–H groups in total. The van der Waals surface area contributed by atoms with Crippen LogP contribution in [-0.2, 0) is 55.5 Å². The molecule has 0 fully saturated rings. The molecule has 0 radical (unpaired) electrons. The third-order valence-electron chi connectivity index (χ3n) is 16.7. The number of benzene rings is 6. The van der Waals surface area contributed by atoms with Crippen LogP contribution in [0.4, 0.5) is 16.2 Å². The fraction of sp³-hybridized carbons (Fsp3) is 0.344. The highest BCUT2D eigenvalue weighted by Crippen LogP contribution is 2.52. The Labute approximate surface area is 496 Å². The number of nitrogens with one attached hydrogen (secondary N) is 2. The molecule has 2 aliphatic heterocycles. The molecule has 2 amide bonds. The molecule has 85 heavy (non-hydrogen) atoms. The highest BCUT2D eigenvalue weighted by molar-refractivity contribution is 7.86. The summed E-state index contributed by atoms with van der Waals surface area (Å²) in [5.74, 6) is -1.48. The molecule has 0 spiro atoms. The zero-order valence-electron chi connectivity index (χ0n) is 48.0. The largest absolute Gasteiger partial charge is 0.480 e. The quantitative estimate of drug-likeness (QED) is 0.0142. The molecule has 9 rings (SSSR count). The number of carbonyl (C=O) groups excluding carboxylic acids is 2. The minimum absolute atomic E-state index is 0.0577. The Kier molecular flexibility index (Phi) is 18.1. The lowest BCUT2D eigenvalue weighted by atomic mass is 9.79. The summed E-state index contributed by atoms with van der Waals surface area (Å²) in [6, 6.07) is 31.1. The minimum Gasteiger partial charge on any atom is -0.480 e. The van der Waals surface area contributed by atoms with E-state index in [-0.39, 0.29) is 54.0 Å². The van der Waals surface area contributed by atoms with Gasteiger partial charge in [-0.05, 0) is 151 Å². The maximum Gasteiger partial charge on any atom is 0.407 e. The third-order valence-corrected chi connectivity index (χ3v) is 19.6. The number of hydrogen-bond donors (Lipinski definition) is 6. The van der Waals surface area contributed by atoms with Gasteiger partial charge in [0.15, 0.2) is 5.71 Å². The highest BCUT2D eigenvalue weighted by Gasteiger charge is 2.46. The van der Waals surface area contributed by atoms with Crippen LogP contribution in [0.5, 0.6) is 0 Å². The van der Waals surface area contributed by atoms with Crippen LogP contribution in [0.2, 0.25) is 0 Å². The highest BCUT2D eigenvalue weighted by atomic mass is 32.2. The number of aliphatic carboxylic acids is 1. The lowest BCUT2D eigenvalue weighted by Gasteiger charge is -2.27. The van der Waals surface area contributed by atoms with Crippen LogP contribution in [0.3, 0.4) is 0 Å². The molecule has 0 bridgehead atoms. The standard InChI is InChI=1S/C64H70N4O14S3/c1-41(83(73,74)75)34-37-68-55-33-27-43-39-45(85(79,80)81)29-31-47(43)60(55)64(4,5)57(68)24-9-6-8-23-56-63(2,3)59-46-30-28-44(84(76,77)78)38-42(46)26-32-54(59)67(56)36-17-7-10-25-58(69)65-35-16-15-22-53(61(70)71)66-62(72)82-40-52-50-20-13-11-18-48(50)49-19-12-14-21-51(49)52/h6,8-9,11-14,18-21,23-24,26-33,38-39,41,52-53H,7,10,15-17,22,25,34-37,40H2,1-5H3,(H5-,65,66,69,70,71,72,73,74,75,76,77,78,79,80,81)/p+1/t41?,53-/m1/s1. The molecule has 6 aromatic carbocycles. The second-order valence-corrected chi connectivity index (χ2v) is 27.7. The van der Waals surface area contributed by atoms with Crippen molar-refractivity contribution in [1.29, 1.82) is 0 Å². The Bertz CT molecular complexity index is 4070. The molecule has 6 aromatic rings. The fourth-order valence-electron chi connectivity index (χ4n) is 12.3. The Morgan fingerprint density at radius 1 is 0.694 bits per heavy atom. The second kappa shape index (κ2) is 24.8. The Hall–Kier alpha value is -7.53. The van der Waals surface area contributed by atoms with Crippen LogP contribution in [0.15, 0.2) is 155 Å². The molecule has 2 atom stereocenters. The number of alkyl carbamates (subject to hydrolysis) is 1. The van der Waals surface area contributed by atoms with Crippen LogP contribution in [0.1, 0.15) is 114 Å². The summed E-state index contributed by atoms with van der Waals surface area (Å²) in [5.41, 5.74) is 8.28. The van der Waals surface area contributed by atoms with Gasteiger partial charge in [-0.3, -0.25) is 18.5 Å². The van der Waals surface area contributed by atoms with Crippen LogP contribution in [0.25, 0.3) is 32.7 Å². The molecule has 3 aliphatic rings. The van der Waals surface area contributed by atoms with Gasteiger partial charge >= 0.3 is 12.1 Å². The monoisotopic (exact) mass is 1220 g/mol. The van der Waals surface area contributed by atoms with Gasteiger partial charge in [0.2, 0.25) is 11.6 Å². The van der Waals surface area contributed by atoms with Crippen LogP contribution in [-0.4, -0.2) is 110 Å². The summed E-state index contributed by atoms with van der Waals surface area (Å²) in [6.45, 7) is 10.9. The zero-order chi connectivity index (χ0) is 61.2. The van der Waals surface area contributed by atoms with Crippen LogP contribution in [0, 0.1) is 0 Å². The molecule has 448 valence electrons. The van der Waals surface area contributed by atoms with E-state index in [9.17, 15) is 58.4 Å². The lowest BCUT2D eigenvalue weighted by Crippen LogP contribution is -2.41. The van der Waals surface area contributed by atoms with Gasteiger partial charge < -0.3 is 25.4 Å². The van der Waals surface area contributed by atoms with E-state index in [4.69, 9.17) is 4.74 Å². The normalized spacial score (nSPS) is 16.7. The summed E-state index contributed by atoms with van der Waals surface area (Å²) in [4.78, 5) is 39.5. The smallest absolute Gasteiger partial charge is 0.407 e. The van der Waals surface area contributed by atoms with Crippen molar-refractivity contribution in [2.24, 2.45) is 0 Å². The first kappa shape index (κ1) is 62.0. The topological polar surface area (TPSA) is 274 Å². The van der Waals surface area contributed by atoms with Gasteiger partial charge in [0.05, 0.1) is 20.5 Å². The summed E-state index contributed by atoms with van der Waals surface area (Å²) in [6.07, 6.45) is 12.3. The number of amides is 2. The van der Waals surface area contributed by atoms with Gasteiger partial charge in [0.25, 0.3) is 30.4 Å². The Balaban J connectivity index is 0.840. The molecule has 18 nitrogen and oxygen atoms in total. The van der Waals surface area contributed by atoms with E-state index in [1.807, 2.05) is 116 Å². The van der Waals surface area contributed by atoms with Crippen molar-refractivity contribution in [3.8, 4) is 11.1 Å². The predicted molar refractivity (Wildman–Crippen MR) is 328 cm³/mol. The number of anilines is 1. The fourth-order valence-corrected chi connectivity index (χ4v) is 13.8. The summed E-state index contributed by atoms with van der Waals surface area (Å²) >= 11 is 0. The number of carboxylic acids is 1. The van der Waals surface area contributed by atoms with E-state index in [0.29, 0.717) is 56.0 Å². The van der Waals surface area contributed by atoms with E-state index in [1.54, 1.807) is 18.2 Å². The molecule has 0 saturated heterocycles. The summed E-state index contributed by atoms with van der Waals surface area (Å²) < 4.78 is 110.